The number of rotatable bonds is 6. The number of esters is 1. The smallest absolute Gasteiger partial charge is 0.330 e. The number of carbonyl (C=O) groups is 1. The Bertz CT molecular complexity index is 763. The Kier molecular flexibility index (Phi) is 4.75. The number of ether oxygens (including phenoxy) is 1. The van der Waals surface area contributed by atoms with E-state index in [1.165, 1.54) is 0 Å². The van der Waals surface area contributed by atoms with Gasteiger partial charge in [-0.05, 0) is 29.3 Å². The molecule has 0 amide bonds. The van der Waals surface area contributed by atoms with Crippen LogP contribution in [0.5, 0.6) is 0 Å². The zero-order valence-corrected chi connectivity index (χ0v) is 12.3. The van der Waals surface area contributed by atoms with Crippen LogP contribution in [-0.4, -0.2) is 26.7 Å². The SMILES string of the molecule is C=CC(=O)OCCCS(=O)(=O)c1ccc2ccccc2c1. The molecule has 0 aliphatic heterocycles. The third-order valence-electron chi connectivity index (χ3n) is 3.05. The van der Waals surface area contributed by atoms with Crippen molar-refractivity contribution >= 4 is 26.6 Å². The van der Waals surface area contributed by atoms with Crippen molar-refractivity contribution in [3.63, 3.8) is 0 Å². The van der Waals surface area contributed by atoms with Gasteiger partial charge in [-0.25, -0.2) is 13.2 Å². The van der Waals surface area contributed by atoms with Crippen molar-refractivity contribution in [2.45, 2.75) is 11.3 Å². The number of benzene rings is 2. The van der Waals surface area contributed by atoms with Crippen LogP contribution in [-0.2, 0) is 19.4 Å². The van der Waals surface area contributed by atoms with Crippen LogP contribution in [0.15, 0.2) is 60.0 Å². The molecular weight excluding hydrogens is 288 g/mol. The molecule has 0 bridgehead atoms. The average Bonchev–Trinajstić information content (AvgIpc) is 2.50. The molecule has 0 heterocycles. The predicted octanol–water partition coefficient (Wildman–Crippen LogP) is 2.73. The Morgan fingerprint density at radius 1 is 1.14 bits per heavy atom. The van der Waals surface area contributed by atoms with Crippen LogP contribution in [0.1, 0.15) is 6.42 Å². The summed E-state index contributed by atoms with van der Waals surface area (Å²) in [5, 5.41) is 1.88. The van der Waals surface area contributed by atoms with E-state index in [1.807, 2.05) is 24.3 Å². The monoisotopic (exact) mass is 304 g/mol. The topological polar surface area (TPSA) is 60.4 Å². The summed E-state index contributed by atoms with van der Waals surface area (Å²) in [6.07, 6.45) is 1.31. The minimum Gasteiger partial charge on any atom is -0.463 e. The molecule has 0 saturated carbocycles. The molecule has 110 valence electrons. The first-order chi connectivity index (χ1) is 10.0. The van der Waals surface area contributed by atoms with Crippen molar-refractivity contribution in [1.29, 1.82) is 0 Å². The van der Waals surface area contributed by atoms with Gasteiger partial charge in [-0.15, -0.1) is 0 Å². The summed E-state index contributed by atoms with van der Waals surface area (Å²) in [4.78, 5) is 11.2. The fraction of sp³-hybridized carbons (Fsp3) is 0.188. The molecule has 0 aromatic heterocycles. The summed E-state index contributed by atoms with van der Waals surface area (Å²) < 4.78 is 29.2. The summed E-state index contributed by atoms with van der Waals surface area (Å²) in [7, 11) is -3.37. The van der Waals surface area contributed by atoms with E-state index in [2.05, 4.69) is 6.58 Å². The van der Waals surface area contributed by atoms with Gasteiger partial charge >= 0.3 is 5.97 Å². The highest BCUT2D eigenvalue weighted by atomic mass is 32.2. The molecule has 0 radical (unpaired) electrons. The van der Waals surface area contributed by atoms with E-state index in [-0.39, 0.29) is 23.7 Å². The number of hydrogen-bond acceptors (Lipinski definition) is 4. The Balaban J connectivity index is 2.07. The van der Waals surface area contributed by atoms with Crippen LogP contribution in [0.4, 0.5) is 0 Å². The highest BCUT2D eigenvalue weighted by molar-refractivity contribution is 7.91. The van der Waals surface area contributed by atoms with E-state index in [1.54, 1.807) is 18.2 Å². The van der Waals surface area contributed by atoms with Gasteiger partial charge in [0.1, 0.15) is 0 Å². The zero-order valence-electron chi connectivity index (χ0n) is 11.5. The fourth-order valence-corrected chi connectivity index (χ4v) is 3.27. The number of fused-ring (bicyclic) bond motifs is 1. The highest BCUT2D eigenvalue weighted by Gasteiger charge is 2.14. The van der Waals surface area contributed by atoms with Crippen LogP contribution in [0, 0.1) is 0 Å². The lowest BCUT2D eigenvalue weighted by Crippen LogP contribution is -2.11. The van der Waals surface area contributed by atoms with Gasteiger partial charge in [-0.3, -0.25) is 0 Å². The molecule has 0 aliphatic carbocycles. The Morgan fingerprint density at radius 3 is 2.57 bits per heavy atom. The van der Waals surface area contributed by atoms with Crippen LogP contribution >= 0.6 is 0 Å². The van der Waals surface area contributed by atoms with Gasteiger partial charge in [0.2, 0.25) is 0 Å². The molecule has 5 heteroatoms. The van der Waals surface area contributed by atoms with Crippen LogP contribution in [0.3, 0.4) is 0 Å². The van der Waals surface area contributed by atoms with Gasteiger partial charge < -0.3 is 4.74 Å². The minimum atomic E-state index is -3.37. The summed E-state index contributed by atoms with van der Waals surface area (Å²) >= 11 is 0. The Hall–Kier alpha value is -2.14. The van der Waals surface area contributed by atoms with Crippen molar-refractivity contribution in [1.82, 2.24) is 0 Å². The van der Waals surface area contributed by atoms with Gasteiger partial charge in [0.15, 0.2) is 9.84 Å². The van der Waals surface area contributed by atoms with Gasteiger partial charge in [-0.1, -0.05) is 36.9 Å². The first-order valence-corrected chi connectivity index (χ1v) is 8.19. The largest absolute Gasteiger partial charge is 0.463 e. The lowest BCUT2D eigenvalue weighted by atomic mass is 10.1. The second-order valence-corrected chi connectivity index (χ2v) is 6.66. The third-order valence-corrected chi connectivity index (χ3v) is 4.85. The van der Waals surface area contributed by atoms with E-state index in [0.717, 1.165) is 16.8 Å². The second-order valence-electron chi connectivity index (χ2n) is 4.55. The number of carbonyl (C=O) groups excluding carboxylic acids is 1. The molecule has 0 saturated heterocycles. The fourth-order valence-electron chi connectivity index (χ4n) is 1.96. The van der Waals surface area contributed by atoms with Crippen molar-refractivity contribution in [3.8, 4) is 0 Å². The zero-order chi connectivity index (χ0) is 15.3. The number of hydrogen-bond donors (Lipinski definition) is 0. The maximum absolute atomic E-state index is 12.2. The quantitative estimate of drug-likeness (QED) is 0.468. The molecule has 21 heavy (non-hydrogen) atoms. The summed E-state index contributed by atoms with van der Waals surface area (Å²) in [5.74, 6) is -0.603. The molecule has 2 rings (SSSR count). The van der Waals surface area contributed by atoms with Crippen LogP contribution in [0.25, 0.3) is 10.8 Å². The molecule has 4 nitrogen and oxygen atoms in total. The van der Waals surface area contributed by atoms with E-state index < -0.39 is 15.8 Å². The van der Waals surface area contributed by atoms with Gasteiger partial charge in [0.05, 0.1) is 17.3 Å². The molecule has 0 atom stereocenters. The summed E-state index contributed by atoms with van der Waals surface area (Å²) in [5.41, 5.74) is 0. The van der Waals surface area contributed by atoms with Gasteiger partial charge in [0, 0.05) is 6.08 Å². The van der Waals surface area contributed by atoms with E-state index in [0.29, 0.717) is 0 Å². The molecule has 0 aliphatic rings. The maximum Gasteiger partial charge on any atom is 0.330 e. The first kappa shape index (κ1) is 15.3. The van der Waals surface area contributed by atoms with Gasteiger partial charge in [-0.2, -0.15) is 0 Å². The average molecular weight is 304 g/mol. The summed E-state index contributed by atoms with van der Waals surface area (Å²) in [6.45, 7) is 3.34. The first-order valence-electron chi connectivity index (χ1n) is 6.54. The molecule has 2 aromatic carbocycles. The van der Waals surface area contributed by atoms with E-state index in [4.69, 9.17) is 4.74 Å². The number of sulfone groups is 1. The van der Waals surface area contributed by atoms with Crippen molar-refractivity contribution in [3.05, 3.63) is 55.1 Å². The van der Waals surface area contributed by atoms with Crippen molar-refractivity contribution in [2.75, 3.05) is 12.4 Å². The molecule has 0 spiro atoms. The summed E-state index contributed by atoms with van der Waals surface area (Å²) in [6, 6.07) is 12.6. The predicted molar refractivity (Wildman–Crippen MR) is 81.8 cm³/mol. The Labute approximate surface area is 124 Å². The maximum atomic E-state index is 12.2. The molecule has 2 aromatic rings. The van der Waals surface area contributed by atoms with E-state index >= 15 is 0 Å². The molecule has 0 unspecified atom stereocenters. The minimum absolute atomic E-state index is 0.0598. The highest BCUT2D eigenvalue weighted by Crippen LogP contribution is 2.20. The molecular formula is C16H16O4S. The van der Waals surface area contributed by atoms with Crippen molar-refractivity contribution < 1.29 is 17.9 Å². The second kappa shape index (κ2) is 6.54. The third kappa shape index (κ3) is 3.92. The molecule has 0 N–H and O–H groups in total. The standard InChI is InChI=1S/C16H16O4S/c1-2-16(17)20-10-5-11-21(18,19)15-9-8-13-6-3-4-7-14(13)12-15/h2-4,6-9,12H,1,5,10-11H2. The van der Waals surface area contributed by atoms with Crippen LogP contribution < -0.4 is 0 Å². The van der Waals surface area contributed by atoms with Gasteiger partial charge in [0.25, 0.3) is 0 Å². The lowest BCUT2D eigenvalue weighted by Gasteiger charge is -2.06. The Morgan fingerprint density at radius 2 is 1.86 bits per heavy atom. The van der Waals surface area contributed by atoms with Crippen LogP contribution in [0.2, 0.25) is 0 Å². The van der Waals surface area contributed by atoms with E-state index in [9.17, 15) is 13.2 Å². The molecule has 0 fully saturated rings. The van der Waals surface area contributed by atoms with Crippen molar-refractivity contribution in [2.24, 2.45) is 0 Å². The normalized spacial score (nSPS) is 11.2. The lowest BCUT2D eigenvalue weighted by molar-refractivity contribution is -0.137.